The van der Waals surface area contributed by atoms with Crippen LogP contribution in [0.15, 0.2) is 48.7 Å². The van der Waals surface area contributed by atoms with Crippen LogP contribution in [0.2, 0.25) is 0 Å². The molecule has 0 saturated heterocycles. The standard InChI is InChI=1S/C24H29N/c1-16(2)21-12-13-25-24-20(10-7-11-22(21)24)14-17(3)15-23-18(4)8-6-9-19(23)5/h6-13,16-17H,14-15H2,1-5H3. The molecule has 1 atom stereocenters. The number of fused-ring (bicyclic) bond motifs is 1. The lowest BCUT2D eigenvalue weighted by molar-refractivity contribution is 0.575. The Morgan fingerprint density at radius 1 is 0.840 bits per heavy atom. The third-order valence-electron chi connectivity index (χ3n) is 5.28. The minimum atomic E-state index is 0.521. The molecule has 3 aromatic rings. The smallest absolute Gasteiger partial charge is 0.0736 e. The molecule has 0 bridgehead atoms. The summed E-state index contributed by atoms with van der Waals surface area (Å²) >= 11 is 0. The van der Waals surface area contributed by atoms with E-state index in [-0.39, 0.29) is 0 Å². The van der Waals surface area contributed by atoms with Gasteiger partial charge in [0.1, 0.15) is 0 Å². The highest BCUT2D eigenvalue weighted by molar-refractivity contribution is 5.85. The number of aryl methyl sites for hydroxylation is 2. The zero-order valence-corrected chi connectivity index (χ0v) is 16.1. The summed E-state index contributed by atoms with van der Waals surface area (Å²) in [6, 6.07) is 15.4. The number of nitrogens with zero attached hydrogens (tertiary/aromatic N) is 1. The first-order valence-electron chi connectivity index (χ1n) is 9.39. The minimum absolute atomic E-state index is 0.521. The molecule has 0 spiro atoms. The quantitative estimate of drug-likeness (QED) is 0.527. The van der Waals surface area contributed by atoms with Gasteiger partial charge in [-0.15, -0.1) is 0 Å². The van der Waals surface area contributed by atoms with E-state index in [1.165, 1.54) is 38.7 Å². The SMILES string of the molecule is Cc1cccc(C)c1CC(C)Cc1cccc2c(C(C)C)ccnc12. The average molecular weight is 332 g/mol. The lowest BCUT2D eigenvalue weighted by atomic mass is 9.88. The van der Waals surface area contributed by atoms with E-state index in [1.54, 1.807) is 0 Å². The molecule has 0 amide bonds. The van der Waals surface area contributed by atoms with Gasteiger partial charge in [-0.1, -0.05) is 57.2 Å². The molecule has 3 rings (SSSR count). The van der Waals surface area contributed by atoms with Crippen molar-refractivity contribution in [3.63, 3.8) is 0 Å². The molecule has 1 aromatic heterocycles. The minimum Gasteiger partial charge on any atom is -0.256 e. The Bertz CT molecular complexity index is 856. The number of hydrogen-bond donors (Lipinski definition) is 0. The van der Waals surface area contributed by atoms with Crippen molar-refractivity contribution in [3.8, 4) is 0 Å². The van der Waals surface area contributed by atoms with Crippen molar-refractivity contribution >= 4 is 10.9 Å². The predicted molar refractivity (Wildman–Crippen MR) is 108 cm³/mol. The number of rotatable bonds is 5. The number of aromatic nitrogens is 1. The summed E-state index contributed by atoms with van der Waals surface area (Å²) in [6.07, 6.45) is 4.16. The van der Waals surface area contributed by atoms with E-state index in [0.29, 0.717) is 11.8 Å². The largest absolute Gasteiger partial charge is 0.256 e. The van der Waals surface area contributed by atoms with E-state index >= 15 is 0 Å². The number of pyridine rings is 1. The maximum Gasteiger partial charge on any atom is 0.0736 e. The van der Waals surface area contributed by atoms with Crippen molar-refractivity contribution in [1.82, 2.24) is 4.98 Å². The van der Waals surface area contributed by atoms with Crippen LogP contribution in [0.5, 0.6) is 0 Å². The Morgan fingerprint density at radius 2 is 1.52 bits per heavy atom. The second-order valence-electron chi connectivity index (χ2n) is 7.75. The van der Waals surface area contributed by atoms with Crippen molar-refractivity contribution in [2.75, 3.05) is 0 Å². The Labute approximate surface area is 152 Å². The van der Waals surface area contributed by atoms with Crippen LogP contribution in [0, 0.1) is 19.8 Å². The Hall–Kier alpha value is -2.15. The first-order valence-corrected chi connectivity index (χ1v) is 9.39. The molecule has 1 heterocycles. The molecule has 0 saturated carbocycles. The van der Waals surface area contributed by atoms with Crippen LogP contribution >= 0.6 is 0 Å². The normalized spacial score (nSPS) is 12.7. The average Bonchev–Trinajstić information content (AvgIpc) is 2.58. The highest BCUT2D eigenvalue weighted by Crippen LogP contribution is 2.28. The molecule has 2 aromatic carbocycles. The van der Waals surface area contributed by atoms with E-state index in [2.05, 4.69) is 77.1 Å². The molecular weight excluding hydrogens is 302 g/mol. The van der Waals surface area contributed by atoms with E-state index in [4.69, 9.17) is 4.98 Å². The van der Waals surface area contributed by atoms with Crippen molar-refractivity contribution in [3.05, 3.63) is 76.5 Å². The second-order valence-corrected chi connectivity index (χ2v) is 7.75. The lowest BCUT2D eigenvalue weighted by Crippen LogP contribution is -2.07. The van der Waals surface area contributed by atoms with Crippen molar-refractivity contribution in [2.45, 2.75) is 53.4 Å². The summed E-state index contributed by atoms with van der Waals surface area (Å²) in [6.45, 7) is 11.3. The zero-order valence-electron chi connectivity index (χ0n) is 16.1. The van der Waals surface area contributed by atoms with E-state index < -0.39 is 0 Å². The summed E-state index contributed by atoms with van der Waals surface area (Å²) in [5.41, 5.74) is 8.27. The van der Waals surface area contributed by atoms with Crippen LogP contribution in [0.1, 0.15) is 54.5 Å². The van der Waals surface area contributed by atoms with Crippen molar-refractivity contribution in [1.29, 1.82) is 0 Å². The number of hydrogen-bond acceptors (Lipinski definition) is 1. The van der Waals surface area contributed by atoms with Crippen molar-refractivity contribution < 1.29 is 0 Å². The van der Waals surface area contributed by atoms with E-state index in [9.17, 15) is 0 Å². The monoisotopic (exact) mass is 331 g/mol. The molecule has 0 aliphatic carbocycles. The second kappa shape index (κ2) is 7.39. The van der Waals surface area contributed by atoms with Crippen molar-refractivity contribution in [2.24, 2.45) is 5.92 Å². The topological polar surface area (TPSA) is 12.9 Å². The first-order chi connectivity index (χ1) is 12.0. The van der Waals surface area contributed by atoms with Gasteiger partial charge in [0.25, 0.3) is 0 Å². The molecule has 1 nitrogen and oxygen atoms in total. The number of benzene rings is 2. The van der Waals surface area contributed by atoms with E-state index in [0.717, 1.165) is 12.8 Å². The molecule has 0 N–H and O–H groups in total. The lowest BCUT2D eigenvalue weighted by Gasteiger charge is -2.17. The van der Waals surface area contributed by atoms with E-state index in [1.807, 2.05) is 6.20 Å². The summed E-state index contributed by atoms with van der Waals surface area (Å²) in [5.74, 6) is 1.11. The van der Waals surface area contributed by atoms with Crippen LogP contribution in [0.4, 0.5) is 0 Å². The molecule has 1 heteroatoms. The fourth-order valence-corrected chi connectivity index (χ4v) is 3.89. The van der Waals surface area contributed by atoms with Crippen LogP contribution < -0.4 is 0 Å². The Morgan fingerprint density at radius 3 is 2.20 bits per heavy atom. The molecule has 25 heavy (non-hydrogen) atoms. The summed E-state index contributed by atoms with van der Waals surface area (Å²) < 4.78 is 0. The third-order valence-corrected chi connectivity index (χ3v) is 5.28. The molecule has 1 unspecified atom stereocenters. The predicted octanol–water partition coefficient (Wildman–Crippen LogP) is 6.40. The molecule has 0 fully saturated rings. The Balaban J connectivity index is 1.89. The molecule has 0 aliphatic heterocycles. The fraction of sp³-hybridized carbons (Fsp3) is 0.375. The van der Waals surface area contributed by atoms with Gasteiger partial charge in [0.05, 0.1) is 5.52 Å². The van der Waals surface area contributed by atoms with Gasteiger partial charge in [-0.3, -0.25) is 4.98 Å². The fourth-order valence-electron chi connectivity index (χ4n) is 3.89. The molecule has 0 aliphatic rings. The van der Waals surface area contributed by atoms with Gasteiger partial charge in [-0.25, -0.2) is 0 Å². The van der Waals surface area contributed by atoms with Gasteiger partial charge >= 0.3 is 0 Å². The molecule has 0 radical (unpaired) electrons. The molecule has 130 valence electrons. The van der Waals surface area contributed by atoms with Gasteiger partial charge < -0.3 is 0 Å². The van der Waals surface area contributed by atoms with Gasteiger partial charge in [-0.05, 0) is 72.4 Å². The van der Waals surface area contributed by atoms with Crippen LogP contribution in [-0.4, -0.2) is 4.98 Å². The zero-order chi connectivity index (χ0) is 18.0. The number of para-hydroxylation sites is 1. The van der Waals surface area contributed by atoms with Crippen LogP contribution in [0.3, 0.4) is 0 Å². The first kappa shape index (κ1) is 17.7. The van der Waals surface area contributed by atoms with Crippen LogP contribution in [0.25, 0.3) is 10.9 Å². The van der Waals surface area contributed by atoms with Gasteiger partial charge in [0.2, 0.25) is 0 Å². The maximum atomic E-state index is 4.72. The van der Waals surface area contributed by atoms with Crippen LogP contribution in [-0.2, 0) is 12.8 Å². The van der Waals surface area contributed by atoms with Gasteiger partial charge in [-0.2, -0.15) is 0 Å². The summed E-state index contributed by atoms with van der Waals surface area (Å²) in [5, 5.41) is 1.31. The Kier molecular flexibility index (Phi) is 5.22. The highest BCUT2D eigenvalue weighted by atomic mass is 14.7. The molecular formula is C24H29N. The van der Waals surface area contributed by atoms with Gasteiger partial charge in [0.15, 0.2) is 0 Å². The third kappa shape index (κ3) is 3.76. The summed E-state index contributed by atoms with van der Waals surface area (Å²) in [7, 11) is 0. The highest BCUT2D eigenvalue weighted by Gasteiger charge is 2.13. The summed E-state index contributed by atoms with van der Waals surface area (Å²) in [4.78, 5) is 4.72. The van der Waals surface area contributed by atoms with Gasteiger partial charge in [0, 0.05) is 11.6 Å². The maximum absolute atomic E-state index is 4.72.